The summed E-state index contributed by atoms with van der Waals surface area (Å²) in [6.45, 7) is 7.92. The van der Waals surface area contributed by atoms with Crippen molar-refractivity contribution in [3.8, 4) is 0 Å². The number of hydrazine groups is 1. The van der Waals surface area contributed by atoms with E-state index < -0.39 is 0 Å². The largest absolute Gasteiger partial charge is 0.329 e. The minimum atomic E-state index is 0.170. The van der Waals surface area contributed by atoms with Crippen LogP contribution in [-0.4, -0.2) is 30.2 Å². The van der Waals surface area contributed by atoms with Crippen molar-refractivity contribution in [2.45, 2.75) is 57.9 Å². The van der Waals surface area contributed by atoms with Gasteiger partial charge in [-0.1, -0.05) is 20.3 Å². The second-order valence-electron chi connectivity index (χ2n) is 6.30. The molecule has 0 aromatic rings. The summed E-state index contributed by atoms with van der Waals surface area (Å²) in [6.07, 6.45) is 7.93. The van der Waals surface area contributed by atoms with E-state index in [0.717, 1.165) is 12.5 Å². The molecular weight excluding hydrogens is 210 g/mol. The van der Waals surface area contributed by atoms with Gasteiger partial charge in [-0.05, 0) is 43.9 Å². The number of rotatable bonds is 3. The molecule has 1 saturated carbocycles. The van der Waals surface area contributed by atoms with Crippen LogP contribution in [0.5, 0.6) is 0 Å². The molecule has 2 fully saturated rings. The van der Waals surface area contributed by atoms with Crippen LogP contribution in [0.25, 0.3) is 0 Å². The van der Waals surface area contributed by atoms with E-state index in [2.05, 4.69) is 24.3 Å². The number of nitrogens with two attached hydrogens (primary N) is 1. The molecule has 1 aliphatic carbocycles. The molecule has 3 nitrogen and oxygen atoms in total. The zero-order chi connectivity index (χ0) is 12.3. The summed E-state index contributed by atoms with van der Waals surface area (Å²) in [5, 5.41) is 2.43. The van der Waals surface area contributed by atoms with Gasteiger partial charge in [0, 0.05) is 25.2 Å². The zero-order valence-corrected chi connectivity index (χ0v) is 11.5. The number of piperidine rings is 1. The summed E-state index contributed by atoms with van der Waals surface area (Å²) in [4.78, 5) is 0. The standard InChI is InChI=1S/C14H29N3/c1-12-6-7-14(11-15,13(2)10-12)16-17-8-4-3-5-9-17/h12-13,16H,3-11,15H2,1-2H3. The quantitative estimate of drug-likeness (QED) is 0.793. The molecule has 3 unspecified atom stereocenters. The third kappa shape index (κ3) is 3.01. The second-order valence-corrected chi connectivity index (χ2v) is 6.30. The smallest absolute Gasteiger partial charge is 0.0473 e. The fourth-order valence-corrected chi connectivity index (χ4v) is 3.53. The van der Waals surface area contributed by atoms with Crippen LogP contribution >= 0.6 is 0 Å². The van der Waals surface area contributed by atoms with E-state index in [1.807, 2.05) is 0 Å². The van der Waals surface area contributed by atoms with E-state index in [1.54, 1.807) is 0 Å². The molecule has 1 saturated heterocycles. The summed E-state index contributed by atoms with van der Waals surface area (Å²) in [5.41, 5.74) is 10.1. The fraction of sp³-hybridized carbons (Fsp3) is 1.00. The van der Waals surface area contributed by atoms with E-state index in [-0.39, 0.29) is 5.54 Å². The van der Waals surface area contributed by atoms with Crippen LogP contribution < -0.4 is 11.2 Å². The van der Waals surface area contributed by atoms with Gasteiger partial charge in [-0.15, -0.1) is 0 Å². The average Bonchev–Trinajstić information content (AvgIpc) is 2.34. The molecule has 0 bridgehead atoms. The first-order valence-electron chi connectivity index (χ1n) is 7.39. The summed E-state index contributed by atoms with van der Waals surface area (Å²) in [5.74, 6) is 1.56. The molecule has 3 N–H and O–H groups in total. The van der Waals surface area contributed by atoms with Crippen LogP contribution in [0.15, 0.2) is 0 Å². The Morgan fingerprint density at radius 1 is 1.24 bits per heavy atom. The maximum atomic E-state index is 6.10. The van der Waals surface area contributed by atoms with Crippen molar-refractivity contribution in [1.29, 1.82) is 0 Å². The van der Waals surface area contributed by atoms with Crippen molar-refractivity contribution in [1.82, 2.24) is 10.4 Å². The Balaban J connectivity index is 1.97. The van der Waals surface area contributed by atoms with Crippen LogP contribution in [0.3, 0.4) is 0 Å². The molecule has 0 aromatic carbocycles. The predicted octanol–water partition coefficient (Wildman–Crippen LogP) is 2.13. The summed E-state index contributed by atoms with van der Waals surface area (Å²) in [6, 6.07) is 0. The highest BCUT2D eigenvalue weighted by Gasteiger charge is 2.40. The lowest BCUT2D eigenvalue weighted by molar-refractivity contribution is 0.0212. The van der Waals surface area contributed by atoms with Gasteiger partial charge in [-0.25, -0.2) is 10.4 Å². The van der Waals surface area contributed by atoms with Crippen LogP contribution in [0.1, 0.15) is 52.4 Å². The molecule has 17 heavy (non-hydrogen) atoms. The van der Waals surface area contributed by atoms with Gasteiger partial charge in [0.1, 0.15) is 0 Å². The molecule has 2 rings (SSSR count). The number of hydrogen-bond acceptors (Lipinski definition) is 3. The van der Waals surface area contributed by atoms with Crippen LogP contribution in [-0.2, 0) is 0 Å². The Morgan fingerprint density at radius 2 is 1.94 bits per heavy atom. The minimum absolute atomic E-state index is 0.170. The molecule has 0 amide bonds. The SMILES string of the molecule is CC1CCC(CN)(NN2CCCCC2)C(C)C1. The van der Waals surface area contributed by atoms with Crippen LogP contribution in [0.4, 0.5) is 0 Å². The first-order valence-corrected chi connectivity index (χ1v) is 7.39. The Bertz CT molecular complexity index is 238. The van der Waals surface area contributed by atoms with Crippen LogP contribution in [0.2, 0.25) is 0 Å². The Morgan fingerprint density at radius 3 is 2.53 bits per heavy atom. The highest BCUT2D eigenvalue weighted by Crippen LogP contribution is 2.36. The lowest BCUT2D eigenvalue weighted by atomic mass is 9.70. The molecule has 3 heteroatoms. The van der Waals surface area contributed by atoms with Crippen LogP contribution in [0, 0.1) is 11.8 Å². The molecular formula is C14H29N3. The lowest BCUT2D eigenvalue weighted by Gasteiger charge is -2.48. The van der Waals surface area contributed by atoms with Gasteiger partial charge < -0.3 is 5.73 Å². The maximum Gasteiger partial charge on any atom is 0.0473 e. The van der Waals surface area contributed by atoms with Gasteiger partial charge in [0.2, 0.25) is 0 Å². The molecule has 3 atom stereocenters. The third-order valence-electron chi connectivity index (χ3n) is 4.88. The highest BCUT2D eigenvalue weighted by atomic mass is 15.5. The van der Waals surface area contributed by atoms with Crippen molar-refractivity contribution >= 4 is 0 Å². The van der Waals surface area contributed by atoms with Gasteiger partial charge in [0.05, 0.1) is 0 Å². The monoisotopic (exact) mass is 239 g/mol. The van der Waals surface area contributed by atoms with E-state index >= 15 is 0 Å². The van der Waals surface area contributed by atoms with Crippen molar-refractivity contribution < 1.29 is 0 Å². The number of hydrogen-bond donors (Lipinski definition) is 2. The van der Waals surface area contributed by atoms with Crippen molar-refractivity contribution in [2.75, 3.05) is 19.6 Å². The van der Waals surface area contributed by atoms with Crippen molar-refractivity contribution in [2.24, 2.45) is 17.6 Å². The fourth-order valence-electron chi connectivity index (χ4n) is 3.53. The number of nitrogens with zero attached hydrogens (tertiary/aromatic N) is 1. The minimum Gasteiger partial charge on any atom is -0.329 e. The Labute approximate surface area is 106 Å². The third-order valence-corrected chi connectivity index (χ3v) is 4.88. The zero-order valence-electron chi connectivity index (χ0n) is 11.5. The molecule has 0 radical (unpaired) electrons. The summed E-state index contributed by atoms with van der Waals surface area (Å²) < 4.78 is 0. The maximum absolute atomic E-state index is 6.10. The van der Waals surface area contributed by atoms with Gasteiger partial charge in [0.15, 0.2) is 0 Å². The van der Waals surface area contributed by atoms with Gasteiger partial charge in [-0.2, -0.15) is 0 Å². The Hall–Kier alpha value is -0.120. The van der Waals surface area contributed by atoms with Crippen molar-refractivity contribution in [3.63, 3.8) is 0 Å². The first kappa shape index (κ1) is 13.3. The van der Waals surface area contributed by atoms with Gasteiger partial charge in [0.25, 0.3) is 0 Å². The van der Waals surface area contributed by atoms with Gasteiger partial charge in [-0.3, -0.25) is 0 Å². The molecule has 0 aromatic heterocycles. The topological polar surface area (TPSA) is 41.3 Å². The molecule has 0 spiro atoms. The molecule has 1 aliphatic heterocycles. The van der Waals surface area contributed by atoms with E-state index in [1.165, 1.54) is 51.6 Å². The van der Waals surface area contributed by atoms with Gasteiger partial charge >= 0.3 is 0 Å². The molecule has 100 valence electrons. The van der Waals surface area contributed by atoms with E-state index in [0.29, 0.717) is 5.92 Å². The second kappa shape index (κ2) is 5.68. The Kier molecular flexibility index (Phi) is 4.45. The van der Waals surface area contributed by atoms with E-state index in [9.17, 15) is 0 Å². The molecule has 1 heterocycles. The normalized spacial score (nSPS) is 40.4. The summed E-state index contributed by atoms with van der Waals surface area (Å²) in [7, 11) is 0. The lowest BCUT2D eigenvalue weighted by Crippen LogP contribution is -2.64. The molecule has 2 aliphatic rings. The first-order chi connectivity index (χ1) is 8.16. The summed E-state index contributed by atoms with van der Waals surface area (Å²) >= 11 is 0. The average molecular weight is 239 g/mol. The van der Waals surface area contributed by atoms with Crippen molar-refractivity contribution in [3.05, 3.63) is 0 Å². The highest BCUT2D eigenvalue weighted by molar-refractivity contribution is 4.97. The van der Waals surface area contributed by atoms with E-state index in [4.69, 9.17) is 5.73 Å². The predicted molar refractivity (Wildman–Crippen MR) is 72.5 cm³/mol. The number of nitrogens with one attached hydrogen (secondary N) is 1.